The van der Waals surface area contributed by atoms with Crippen molar-refractivity contribution in [3.63, 3.8) is 0 Å². The van der Waals surface area contributed by atoms with Crippen LogP contribution < -0.4 is 5.56 Å². The van der Waals surface area contributed by atoms with Gasteiger partial charge in [-0.3, -0.25) is 18.7 Å². The van der Waals surface area contributed by atoms with Crippen molar-refractivity contribution < 1.29 is 0 Å². The van der Waals surface area contributed by atoms with Crippen molar-refractivity contribution in [2.75, 3.05) is 7.05 Å². The molecule has 2 heterocycles. The fraction of sp³-hybridized carbons (Fsp3) is 0.471. The van der Waals surface area contributed by atoms with Crippen LogP contribution in [-0.4, -0.2) is 37.2 Å². The lowest BCUT2D eigenvalue weighted by Crippen LogP contribution is -2.29. The van der Waals surface area contributed by atoms with Gasteiger partial charge in [0.25, 0.3) is 5.56 Å². The summed E-state index contributed by atoms with van der Waals surface area (Å²) in [5.41, 5.74) is 0.849. The molecule has 23 heavy (non-hydrogen) atoms. The summed E-state index contributed by atoms with van der Waals surface area (Å²) in [7, 11) is 3.91. The van der Waals surface area contributed by atoms with Crippen LogP contribution in [0.1, 0.15) is 31.5 Å². The van der Waals surface area contributed by atoms with E-state index in [1.807, 2.05) is 28.7 Å². The Hall–Kier alpha value is -2.21. The number of hydrogen-bond acceptors (Lipinski definition) is 4. The number of aryl methyl sites for hydroxylation is 1. The first-order valence-corrected chi connectivity index (χ1v) is 8.19. The molecule has 6 nitrogen and oxygen atoms in total. The Labute approximate surface area is 134 Å². The summed E-state index contributed by atoms with van der Waals surface area (Å²) in [6.07, 6.45) is 5.14. The predicted molar refractivity (Wildman–Crippen MR) is 89.5 cm³/mol. The number of nitrogens with zero attached hydrogens (tertiary/aromatic N) is 5. The molecule has 1 fully saturated rings. The van der Waals surface area contributed by atoms with Crippen molar-refractivity contribution in [2.24, 2.45) is 7.05 Å². The van der Waals surface area contributed by atoms with Crippen LogP contribution >= 0.6 is 0 Å². The van der Waals surface area contributed by atoms with Gasteiger partial charge in [0.2, 0.25) is 5.78 Å². The lowest BCUT2D eigenvalue weighted by molar-refractivity contribution is 0.231. The summed E-state index contributed by atoms with van der Waals surface area (Å²) in [4.78, 5) is 14.8. The highest BCUT2D eigenvalue weighted by atomic mass is 16.1. The third-order valence-corrected chi connectivity index (χ3v) is 5.03. The van der Waals surface area contributed by atoms with Gasteiger partial charge in [-0.15, -0.1) is 10.2 Å². The first kappa shape index (κ1) is 14.4. The van der Waals surface area contributed by atoms with E-state index in [9.17, 15) is 4.79 Å². The SMILES string of the molecule is CN(Cc1nnc2n(C)c(=O)c3ccccc3n12)C1CCCC1. The van der Waals surface area contributed by atoms with E-state index in [1.165, 1.54) is 25.7 Å². The Balaban J connectivity index is 1.86. The number of hydrogen-bond donors (Lipinski definition) is 0. The Kier molecular flexibility index (Phi) is 3.41. The Bertz CT molecular complexity index is 920. The molecule has 3 aromatic rings. The van der Waals surface area contributed by atoms with Gasteiger partial charge in [0.15, 0.2) is 5.82 Å². The van der Waals surface area contributed by atoms with E-state index in [4.69, 9.17) is 0 Å². The van der Waals surface area contributed by atoms with Crippen molar-refractivity contribution in [3.8, 4) is 0 Å². The zero-order chi connectivity index (χ0) is 16.0. The van der Waals surface area contributed by atoms with Crippen LogP contribution in [0.4, 0.5) is 0 Å². The van der Waals surface area contributed by atoms with Crippen molar-refractivity contribution in [2.45, 2.75) is 38.3 Å². The predicted octanol–water partition coefficient (Wildman–Crippen LogP) is 1.96. The first-order chi connectivity index (χ1) is 11.2. The first-order valence-electron chi connectivity index (χ1n) is 8.19. The molecule has 1 aliphatic carbocycles. The second-order valence-electron chi connectivity index (χ2n) is 6.49. The van der Waals surface area contributed by atoms with Crippen LogP contribution in [0, 0.1) is 0 Å². The van der Waals surface area contributed by atoms with E-state index in [2.05, 4.69) is 22.1 Å². The molecule has 0 amide bonds. The Morgan fingerprint density at radius 1 is 1.22 bits per heavy atom. The van der Waals surface area contributed by atoms with Gasteiger partial charge < -0.3 is 0 Å². The Morgan fingerprint density at radius 3 is 2.74 bits per heavy atom. The molecule has 1 aromatic carbocycles. The van der Waals surface area contributed by atoms with E-state index in [1.54, 1.807) is 11.6 Å². The van der Waals surface area contributed by atoms with Gasteiger partial charge in [-0.25, -0.2) is 0 Å². The molecule has 0 N–H and O–H groups in total. The van der Waals surface area contributed by atoms with E-state index in [0.29, 0.717) is 17.2 Å². The van der Waals surface area contributed by atoms with Crippen LogP contribution in [0.3, 0.4) is 0 Å². The van der Waals surface area contributed by atoms with Crippen molar-refractivity contribution in [1.82, 2.24) is 24.1 Å². The summed E-state index contributed by atoms with van der Waals surface area (Å²) < 4.78 is 3.59. The number of aromatic nitrogens is 4. The minimum absolute atomic E-state index is 0.0313. The standard InChI is InChI=1S/C17H21N5O/c1-20(12-7-3-4-8-12)11-15-18-19-17-21(2)16(23)13-9-5-6-10-14(13)22(15)17/h5-6,9-10,12H,3-4,7-8,11H2,1-2H3. The van der Waals surface area contributed by atoms with E-state index < -0.39 is 0 Å². The molecule has 1 aliphatic rings. The van der Waals surface area contributed by atoms with Gasteiger partial charge in [-0.05, 0) is 32.0 Å². The lowest BCUT2D eigenvalue weighted by atomic mass is 10.2. The summed E-state index contributed by atoms with van der Waals surface area (Å²) in [5.74, 6) is 1.49. The summed E-state index contributed by atoms with van der Waals surface area (Å²) in [6.45, 7) is 0.744. The molecule has 4 rings (SSSR count). The molecular weight excluding hydrogens is 290 g/mol. The Morgan fingerprint density at radius 2 is 1.96 bits per heavy atom. The molecule has 6 heteroatoms. The zero-order valence-electron chi connectivity index (χ0n) is 13.6. The maximum Gasteiger partial charge on any atom is 0.262 e. The second kappa shape index (κ2) is 5.45. The minimum Gasteiger partial charge on any atom is -0.296 e. The van der Waals surface area contributed by atoms with E-state index >= 15 is 0 Å². The number of rotatable bonds is 3. The molecule has 0 unspecified atom stereocenters. The van der Waals surface area contributed by atoms with Gasteiger partial charge in [0.1, 0.15) is 0 Å². The molecule has 0 aliphatic heterocycles. The molecule has 120 valence electrons. The van der Waals surface area contributed by atoms with Crippen LogP contribution in [0.2, 0.25) is 0 Å². The largest absolute Gasteiger partial charge is 0.296 e. The van der Waals surface area contributed by atoms with Crippen molar-refractivity contribution >= 4 is 16.7 Å². The fourth-order valence-corrected chi connectivity index (χ4v) is 3.69. The fourth-order valence-electron chi connectivity index (χ4n) is 3.69. The van der Waals surface area contributed by atoms with Crippen molar-refractivity contribution in [1.29, 1.82) is 0 Å². The normalized spacial score (nSPS) is 16.1. The van der Waals surface area contributed by atoms with Gasteiger partial charge in [-0.2, -0.15) is 0 Å². The monoisotopic (exact) mass is 311 g/mol. The molecule has 0 saturated heterocycles. The topological polar surface area (TPSA) is 55.4 Å². The van der Waals surface area contributed by atoms with E-state index in [0.717, 1.165) is 17.9 Å². The summed E-state index contributed by atoms with van der Waals surface area (Å²) in [6, 6.07) is 8.30. The third kappa shape index (κ3) is 2.25. The smallest absolute Gasteiger partial charge is 0.262 e. The molecule has 2 aromatic heterocycles. The van der Waals surface area contributed by atoms with Gasteiger partial charge in [0, 0.05) is 13.1 Å². The number of fused-ring (bicyclic) bond motifs is 3. The van der Waals surface area contributed by atoms with Gasteiger partial charge >= 0.3 is 0 Å². The third-order valence-electron chi connectivity index (χ3n) is 5.03. The number of para-hydroxylation sites is 1. The molecule has 0 radical (unpaired) electrons. The van der Waals surface area contributed by atoms with Crippen LogP contribution in [0.5, 0.6) is 0 Å². The molecule has 1 saturated carbocycles. The maximum atomic E-state index is 12.5. The molecule has 0 bridgehead atoms. The van der Waals surface area contributed by atoms with E-state index in [-0.39, 0.29) is 5.56 Å². The molecule has 0 atom stereocenters. The summed E-state index contributed by atoms with van der Waals surface area (Å²) >= 11 is 0. The minimum atomic E-state index is -0.0313. The second-order valence-corrected chi connectivity index (χ2v) is 6.49. The highest BCUT2D eigenvalue weighted by Gasteiger charge is 2.22. The van der Waals surface area contributed by atoms with Crippen molar-refractivity contribution in [3.05, 3.63) is 40.4 Å². The van der Waals surface area contributed by atoms with Crippen LogP contribution in [-0.2, 0) is 13.6 Å². The zero-order valence-corrected chi connectivity index (χ0v) is 13.6. The lowest BCUT2D eigenvalue weighted by Gasteiger charge is -2.23. The highest BCUT2D eigenvalue weighted by Crippen LogP contribution is 2.24. The van der Waals surface area contributed by atoms with Crippen LogP contribution in [0.15, 0.2) is 29.1 Å². The maximum absolute atomic E-state index is 12.5. The molecule has 0 spiro atoms. The molecular formula is C17H21N5O. The van der Waals surface area contributed by atoms with Gasteiger partial charge in [-0.1, -0.05) is 25.0 Å². The summed E-state index contributed by atoms with van der Waals surface area (Å²) in [5, 5.41) is 9.33. The van der Waals surface area contributed by atoms with Gasteiger partial charge in [0.05, 0.1) is 17.4 Å². The average molecular weight is 311 g/mol. The quantitative estimate of drug-likeness (QED) is 0.742. The highest BCUT2D eigenvalue weighted by molar-refractivity contribution is 5.80. The number of benzene rings is 1. The average Bonchev–Trinajstić information content (AvgIpc) is 3.22. The van der Waals surface area contributed by atoms with Crippen LogP contribution in [0.25, 0.3) is 16.7 Å².